The lowest BCUT2D eigenvalue weighted by atomic mass is 9.98. The summed E-state index contributed by atoms with van der Waals surface area (Å²) in [5, 5.41) is 5.97. The zero-order chi connectivity index (χ0) is 37.6. The Morgan fingerprint density at radius 2 is 1.11 bits per heavy atom. The Bertz CT molecular complexity index is 3090. The molecule has 0 saturated heterocycles. The van der Waals surface area contributed by atoms with Crippen molar-refractivity contribution >= 4 is 49.1 Å². The van der Waals surface area contributed by atoms with Gasteiger partial charge in [0.25, 0.3) is 0 Å². The van der Waals surface area contributed by atoms with Crippen LogP contribution in [0.1, 0.15) is 5.69 Å². The lowest BCUT2D eigenvalue weighted by Gasteiger charge is -2.15. The van der Waals surface area contributed by atoms with Crippen molar-refractivity contribution in [2.75, 3.05) is 0 Å². The average molecular weight is 716 g/mol. The van der Waals surface area contributed by atoms with Crippen LogP contribution in [0.15, 0.2) is 214 Å². The van der Waals surface area contributed by atoms with Gasteiger partial charge in [-0.15, -0.1) is 0 Å². The minimum atomic E-state index is 0.842. The Kier molecular flexibility index (Phi) is 8.12. The van der Waals surface area contributed by atoms with E-state index in [1.807, 2.05) is 18.2 Å². The lowest BCUT2D eigenvalue weighted by molar-refractivity contribution is 1.04. The molecule has 56 heavy (non-hydrogen) atoms. The summed E-state index contributed by atoms with van der Waals surface area (Å²) in [6.45, 7) is 8.04. The Morgan fingerprint density at radius 3 is 1.75 bits per heavy atom. The Balaban J connectivity index is 1.23. The van der Waals surface area contributed by atoms with Crippen molar-refractivity contribution in [1.29, 1.82) is 0 Å². The molecule has 0 bridgehead atoms. The standard InChI is InChI=1S/C53H37N3/c1-3-16-36(4-2)48-34-43(39-21-12-7-13-22-39)35-51(54-48)55-30-29-40-25-26-45-46(53(40)55)27-28-50-52(45)47-23-14-15-24-49(47)56(50)44-32-41(37-17-8-5-9-18-37)31-42(33-44)38-19-10-6-11-20-38/h3-35H,1-2H2/b36-16+. The van der Waals surface area contributed by atoms with Gasteiger partial charge in [0.15, 0.2) is 0 Å². The highest BCUT2D eigenvalue weighted by atomic mass is 15.1. The molecule has 0 spiro atoms. The molecule has 0 unspecified atom stereocenters. The Labute approximate surface area is 326 Å². The molecular formula is C53H37N3. The van der Waals surface area contributed by atoms with Crippen molar-refractivity contribution in [1.82, 2.24) is 14.1 Å². The van der Waals surface area contributed by atoms with Crippen LogP contribution in [0, 0.1) is 0 Å². The smallest absolute Gasteiger partial charge is 0.138 e. The van der Waals surface area contributed by atoms with Crippen molar-refractivity contribution in [3.05, 3.63) is 219 Å². The van der Waals surface area contributed by atoms with Gasteiger partial charge in [-0.1, -0.05) is 159 Å². The number of fused-ring (bicyclic) bond motifs is 7. The van der Waals surface area contributed by atoms with Gasteiger partial charge in [-0.2, -0.15) is 0 Å². The summed E-state index contributed by atoms with van der Waals surface area (Å²) in [5.41, 5.74) is 13.3. The van der Waals surface area contributed by atoms with E-state index in [1.165, 1.54) is 49.3 Å². The molecule has 0 aliphatic carbocycles. The highest BCUT2D eigenvalue weighted by Gasteiger charge is 2.19. The maximum Gasteiger partial charge on any atom is 0.138 e. The average Bonchev–Trinajstić information content (AvgIpc) is 3.86. The second kappa shape index (κ2) is 13.7. The Hall–Kier alpha value is -7.49. The first-order chi connectivity index (χ1) is 27.7. The van der Waals surface area contributed by atoms with E-state index in [2.05, 4.69) is 198 Å². The van der Waals surface area contributed by atoms with E-state index >= 15 is 0 Å². The number of allylic oxidation sites excluding steroid dienone is 4. The number of rotatable bonds is 8. The van der Waals surface area contributed by atoms with Crippen molar-refractivity contribution < 1.29 is 0 Å². The van der Waals surface area contributed by atoms with Gasteiger partial charge in [-0.05, 0) is 92.9 Å². The van der Waals surface area contributed by atoms with E-state index in [4.69, 9.17) is 4.98 Å². The summed E-state index contributed by atoms with van der Waals surface area (Å²) in [5.74, 6) is 0.842. The monoisotopic (exact) mass is 715 g/mol. The van der Waals surface area contributed by atoms with Crippen LogP contribution >= 0.6 is 0 Å². The molecule has 0 fully saturated rings. The van der Waals surface area contributed by atoms with Crippen molar-refractivity contribution in [3.8, 4) is 44.9 Å². The van der Waals surface area contributed by atoms with Crippen LogP contribution in [0.3, 0.4) is 0 Å². The minimum Gasteiger partial charge on any atom is -0.309 e. The van der Waals surface area contributed by atoms with E-state index in [0.717, 1.165) is 50.3 Å². The molecule has 3 heterocycles. The zero-order valence-corrected chi connectivity index (χ0v) is 30.8. The summed E-state index contributed by atoms with van der Waals surface area (Å²) < 4.78 is 4.68. The van der Waals surface area contributed by atoms with Gasteiger partial charge in [-0.25, -0.2) is 4.98 Å². The quantitative estimate of drug-likeness (QED) is 0.144. The van der Waals surface area contributed by atoms with Gasteiger partial charge in [0, 0.05) is 33.4 Å². The van der Waals surface area contributed by atoms with Crippen LogP contribution in [-0.2, 0) is 0 Å². The van der Waals surface area contributed by atoms with Gasteiger partial charge >= 0.3 is 0 Å². The minimum absolute atomic E-state index is 0.842. The second-order valence-corrected chi connectivity index (χ2v) is 14.1. The third kappa shape index (κ3) is 5.57. The molecule has 0 amide bonds. The van der Waals surface area contributed by atoms with E-state index in [1.54, 1.807) is 6.08 Å². The highest BCUT2D eigenvalue weighted by molar-refractivity contribution is 6.25. The summed E-state index contributed by atoms with van der Waals surface area (Å²) in [6, 6.07) is 63.2. The van der Waals surface area contributed by atoms with E-state index in [0.29, 0.717) is 0 Å². The normalized spacial score (nSPS) is 11.8. The highest BCUT2D eigenvalue weighted by Crippen LogP contribution is 2.41. The number of hydrogen-bond donors (Lipinski definition) is 0. The van der Waals surface area contributed by atoms with Crippen LogP contribution in [0.4, 0.5) is 0 Å². The SMILES string of the molecule is C=C/C=C(\C=C)c1cc(-c2ccccc2)cc(-n2ccc3ccc4c(ccc5c4c4ccccc4n5-c4cc(-c5ccccc5)cc(-c5ccccc5)c4)c32)n1. The number of para-hydroxylation sites is 1. The lowest BCUT2D eigenvalue weighted by Crippen LogP contribution is -2.00. The molecule has 0 saturated carbocycles. The molecular weight excluding hydrogens is 679 g/mol. The largest absolute Gasteiger partial charge is 0.309 e. The van der Waals surface area contributed by atoms with Gasteiger partial charge in [0.2, 0.25) is 0 Å². The second-order valence-electron chi connectivity index (χ2n) is 14.1. The van der Waals surface area contributed by atoms with Crippen molar-refractivity contribution in [2.24, 2.45) is 0 Å². The number of aromatic nitrogens is 3. The maximum absolute atomic E-state index is 5.24. The van der Waals surface area contributed by atoms with Gasteiger partial charge in [0.1, 0.15) is 5.82 Å². The number of benzene rings is 7. The van der Waals surface area contributed by atoms with E-state index < -0.39 is 0 Å². The summed E-state index contributed by atoms with van der Waals surface area (Å²) in [4.78, 5) is 5.24. The third-order valence-corrected chi connectivity index (χ3v) is 10.8. The first-order valence-corrected chi connectivity index (χ1v) is 18.9. The molecule has 0 radical (unpaired) electrons. The van der Waals surface area contributed by atoms with Crippen LogP contribution in [0.25, 0.3) is 93.9 Å². The molecule has 10 aromatic rings. The molecule has 3 nitrogen and oxygen atoms in total. The Morgan fingerprint density at radius 1 is 0.500 bits per heavy atom. The molecule has 0 aliphatic heterocycles. The van der Waals surface area contributed by atoms with E-state index in [9.17, 15) is 0 Å². The van der Waals surface area contributed by atoms with Gasteiger partial charge in [-0.3, -0.25) is 0 Å². The molecule has 264 valence electrons. The summed E-state index contributed by atoms with van der Waals surface area (Å²) in [6.07, 6.45) is 7.73. The van der Waals surface area contributed by atoms with Crippen LogP contribution in [0.5, 0.6) is 0 Å². The molecule has 3 heteroatoms. The number of nitrogens with zero attached hydrogens (tertiary/aromatic N) is 3. The zero-order valence-electron chi connectivity index (χ0n) is 30.8. The van der Waals surface area contributed by atoms with Crippen LogP contribution in [-0.4, -0.2) is 14.1 Å². The van der Waals surface area contributed by atoms with E-state index in [-0.39, 0.29) is 0 Å². The van der Waals surface area contributed by atoms with Gasteiger partial charge in [0.05, 0.1) is 22.2 Å². The fourth-order valence-electron chi connectivity index (χ4n) is 8.28. The summed E-state index contributed by atoms with van der Waals surface area (Å²) in [7, 11) is 0. The molecule has 0 aliphatic rings. The molecule has 0 atom stereocenters. The summed E-state index contributed by atoms with van der Waals surface area (Å²) >= 11 is 0. The molecule has 7 aromatic carbocycles. The first-order valence-electron chi connectivity index (χ1n) is 18.9. The predicted molar refractivity (Wildman–Crippen MR) is 238 cm³/mol. The number of hydrogen-bond acceptors (Lipinski definition) is 1. The van der Waals surface area contributed by atoms with Crippen molar-refractivity contribution in [3.63, 3.8) is 0 Å². The first kappa shape index (κ1) is 33.1. The predicted octanol–water partition coefficient (Wildman–Crippen LogP) is 14.0. The topological polar surface area (TPSA) is 22.8 Å². The third-order valence-electron chi connectivity index (χ3n) is 10.8. The fourth-order valence-corrected chi connectivity index (χ4v) is 8.28. The van der Waals surface area contributed by atoms with Gasteiger partial charge < -0.3 is 9.13 Å². The number of pyridine rings is 1. The van der Waals surface area contributed by atoms with Crippen molar-refractivity contribution in [2.45, 2.75) is 0 Å². The fraction of sp³-hybridized carbons (Fsp3) is 0. The molecule has 3 aromatic heterocycles. The van der Waals surface area contributed by atoms with Crippen LogP contribution < -0.4 is 0 Å². The molecule has 10 rings (SSSR count). The van der Waals surface area contributed by atoms with Crippen LogP contribution in [0.2, 0.25) is 0 Å². The molecule has 0 N–H and O–H groups in total. The maximum atomic E-state index is 5.24.